The smallest absolute Gasteiger partial charge is 0.306 e. The van der Waals surface area contributed by atoms with Crippen molar-refractivity contribution in [2.24, 2.45) is 0 Å². The van der Waals surface area contributed by atoms with Crippen LogP contribution >= 0.6 is 0 Å². The van der Waals surface area contributed by atoms with Gasteiger partial charge < -0.3 is 14.2 Å². The van der Waals surface area contributed by atoms with Gasteiger partial charge in [-0.2, -0.15) is 0 Å². The van der Waals surface area contributed by atoms with E-state index < -0.39 is 6.10 Å². The molecule has 0 rings (SSSR count). The molecule has 0 N–H and O–H groups in total. The molecule has 54 heavy (non-hydrogen) atoms. The molecule has 0 heterocycles. The molecule has 0 radical (unpaired) electrons. The Morgan fingerprint density at radius 3 is 1.07 bits per heavy atom. The number of allylic oxidation sites excluding steroid dienone is 6. The zero-order valence-corrected chi connectivity index (χ0v) is 35.7. The Balaban J connectivity index is 4.36. The quantitative estimate of drug-likeness (QED) is 0.0267. The summed E-state index contributed by atoms with van der Waals surface area (Å²) in [6.07, 6.45) is 48.5. The first-order chi connectivity index (χ1) is 26.5. The first kappa shape index (κ1) is 51.6. The summed E-state index contributed by atoms with van der Waals surface area (Å²) in [7, 11) is 0. The van der Waals surface area contributed by atoms with Crippen LogP contribution < -0.4 is 0 Å². The van der Waals surface area contributed by atoms with Gasteiger partial charge in [-0.15, -0.1) is 0 Å². The minimum atomic E-state index is -0.785. The van der Waals surface area contributed by atoms with E-state index in [1.54, 1.807) is 0 Å². The third-order valence-electron chi connectivity index (χ3n) is 9.84. The zero-order chi connectivity index (χ0) is 39.4. The Labute approximate surface area is 334 Å². The lowest BCUT2D eigenvalue weighted by Crippen LogP contribution is -2.30. The molecule has 0 aliphatic heterocycles. The second-order valence-electron chi connectivity index (χ2n) is 15.3. The molecule has 1 atom stereocenters. The molecule has 0 amide bonds. The van der Waals surface area contributed by atoms with E-state index in [0.717, 1.165) is 77.0 Å². The van der Waals surface area contributed by atoms with Crippen LogP contribution in [0, 0.1) is 0 Å². The Morgan fingerprint density at radius 2 is 0.648 bits per heavy atom. The van der Waals surface area contributed by atoms with E-state index in [2.05, 4.69) is 57.2 Å². The van der Waals surface area contributed by atoms with Crippen LogP contribution in [-0.4, -0.2) is 37.2 Å². The maximum Gasteiger partial charge on any atom is 0.306 e. The van der Waals surface area contributed by atoms with E-state index in [1.165, 1.54) is 116 Å². The van der Waals surface area contributed by atoms with Crippen LogP contribution in [0.1, 0.15) is 233 Å². The third-order valence-corrected chi connectivity index (χ3v) is 9.84. The highest BCUT2D eigenvalue weighted by molar-refractivity contribution is 5.71. The molecule has 0 saturated carbocycles. The SMILES string of the molecule is CCCC/C=C\CCCCCCCC(=O)OC(COC(=O)CCC/C=C\CCCCCC)COC(=O)CCCCCCC/C=C\CCCCCCCCC. The predicted molar refractivity (Wildman–Crippen MR) is 229 cm³/mol. The first-order valence-electron chi connectivity index (χ1n) is 23.0. The Bertz CT molecular complexity index is 922. The number of esters is 3. The van der Waals surface area contributed by atoms with E-state index in [1.807, 2.05) is 0 Å². The fraction of sp³-hybridized carbons (Fsp3) is 0.812. The highest BCUT2D eigenvalue weighted by atomic mass is 16.6. The van der Waals surface area contributed by atoms with Gasteiger partial charge in [0.1, 0.15) is 13.2 Å². The summed E-state index contributed by atoms with van der Waals surface area (Å²) in [5, 5.41) is 0. The molecule has 0 saturated heterocycles. The summed E-state index contributed by atoms with van der Waals surface area (Å²) in [5.74, 6) is -0.942. The molecule has 0 aromatic carbocycles. The minimum absolute atomic E-state index is 0.0877. The second kappa shape index (κ2) is 43.4. The molecule has 314 valence electrons. The summed E-state index contributed by atoms with van der Waals surface area (Å²) in [6.45, 7) is 6.52. The number of hydrogen-bond acceptors (Lipinski definition) is 6. The molecule has 1 unspecified atom stereocenters. The lowest BCUT2D eigenvalue weighted by molar-refractivity contribution is -0.167. The molecular weight excluding hydrogens is 673 g/mol. The van der Waals surface area contributed by atoms with Crippen molar-refractivity contribution in [2.75, 3.05) is 13.2 Å². The van der Waals surface area contributed by atoms with Crippen molar-refractivity contribution in [1.29, 1.82) is 0 Å². The number of carbonyl (C=O) groups is 3. The van der Waals surface area contributed by atoms with E-state index >= 15 is 0 Å². The Hall–Kier alpha value is -2.37. The van der Waals surface area contributed by atoms with Gasteiger partial charge in [0.2, 0.25) is 0 Å². The van der Waals surface area contributed by atoms with Crippen molar-refractivity contribution in [3.05, 3.63) is 36.5 Å². The average Bonchev–Trinajstić information content (AvgIpc) is 3.17. The zero-order valence-electron chi connectivity index (χ0n) is 35.7. The summed E-state index contributed by atoms with van der Waals surface area (Å²) in [5.41, 5.74) is 0. The summed E-state index contributed by atoms with van der Waals surface area (Å²) in [6, 6.07) is 0. The minimum Gasteiger partial charge on any atom is -0.462 e. The number of unbranched alkanes of at least 4 members (excludes halogenated alkanes) is 24. The highest BCUT2D eigenvalue weighted by Gasteiger charge is 2.19. The van der Waals surface area contributed by atoms with E-state index in [-0.39, 0.29) is 31.1 Å². The van der Waals surface area contributed by atoms with Gasteiger partial charge in [0.15, 0.2) is 6.10 Å². The van der Waals surface area contributed by atoms with Crippen molar-refractivity contribution in [3.63, 3.8) is 0 Å². The topological polar surface area (TPSA) is 78.9 Å². The fourth-order valence-electron chi connectivity index (χ4n) is 6.30. The second-order valence-corrected chi connectivity index (χ2v) is 15.3. The molecule has 0 aliphatic carbocycles. The molecule has 0 spiro atoms. The van der Waals surface area contributed by atoms with Gasteiger partial charge in [0, 0.05) is 19.3 Å². The van der Waals surface area contributed by atoms with Crippen molar-refractivity contribution < 1.29 is 28.6 Å². The van der Waals surface area contributed by atoms with E-state index in [0.29, 0.717) is 19.3 Å². The van der Waals surface area contributed by atoms with E-state index in [4.69, 9.17) is 14.2 Å². The van der Waals surface area contributed by atoms with Crippen LogP contribution in [0.3, 0.4) is 0 Å². The monoisotopic (exact) mass is 759 g/mol. The molecule has 0 aliphatic rings. The fourth-order valence-corrected chi connectivity index (χ4v) is 6.30. The van der Waals surface area contributed by atoms with Gasteiger partial charge in [0.05, 0.1) is 0 Å². The summed E-state index contributed by atoms with van der Waals surface area (Å²) >= 11 is 0. The Morgan fingerprint density at radius 1 is 0.352 bits per heavy atom. The first-order valence-corrected chi connectivity index (χ1v) is 23.0. The van der Waals surface area contributed by atoms with Gasteiger partial charge in [-0.3, -0.25) is 14.4 Å². The molecular formula is C48H86O6. The third kappa shape index (κ3) is 40.8. The lowest BCUT2D eigenvalue weighted by Gasteiger charge is -2.18. The maximum absolute atomic E-state index is 12.7. The van der Waals surface area contributed by atoms with Crippen molar-refractivity contribution in [3.8, 4) is 0 Å². The largest absolute Gasteiger partial charge is 0.462 e. The molecule has 0 fully saturated rings. The van der Waals surface area contributed by atoms with Gasteiger partial charge >= 0.3 is 17.9 Å². The van der Waals surface area contributed by atoms with Crippen molar-refractivity contribution in [1.82, 2.24) is 0 Å². The van der Waals surface area contributed by atoms with Crippen LogP contribution in [0.4, 0.5) is 0 Å². The van der Waals surface area contributed by atoms with Crippen LogP contribution in [-0.2, 0) is 28.6 Å². The van der Waals surface area contributed by atoms with E-state index in [9.17, 15) is 14.4 Å². The van der Waals surface area contributed by atoms with Gasteiger partial charge in [-0.25, -0.2) is 0 Å². The molecule has 0 aromatic heterocycles. The average molecular weight is 759 g/mol. The summed E-state index contributed by atoms with van der Waals surface area (Å²) in [4.78, 5) is 37.6. The van der Waals surface area contributed by atoms with Crippen LogP contribution in [0.2, 0.25) is 0 Å². The number of rotatable bonds is 41. The number of ether oxygens (including phenoxy) is 3. The predicted octanol–water partition coefficient (Wildman–Crippen LogP) is 14.6. The standard InChI is InChI=1S/C48H86O6/c1-4-7-10-13-16-19-21-22-23-24-25-27-29-32-35-38-41-47(50)53-44-45(43-52-46(49)40-37-34-31-28-18-15-12-9-6-3)54-48(51)42-39-36-33-30-26-20-17-14-11-8-5-2/h14,17,23-24,28,31,45H,4-13,15-16,18-22,25-27,29-30,32-44H2,1-3H3/b17-14-,24-23-,31-28-. The summed E-state index contributed by atoms with van der Waals surface area (Å²) < 4.78 is 16.6. The normalized spacial score (nSPS) is 12.3. The van der Waals surface area contributed by atoms with Gasteiger partial charge in [-0.1, -0.05) is 166 Å². The molecule has 0 aromatic rings. The van der Waals surface area contributed by atoms with Crippen LogP contribution in [0.15, 0.2) is 36.5 Å². The molecule has 6 nitrogen and oxygen atoms in total. The van der Waals surface area contributed by atoms with Crippen LogP contribution in [0.25, 0.3) is 0 Å². The maximum atomic E-state index is 12.7. The molecule has 0 bridgehead atoms. The van der Waals surface area contributed by atoms with Crippen molar-refractivity contribution >= 4 is 17.9 Å². The number of carbonyl (C=O) groups excluding carboxylic acids is 3. The Kier molecular flexibility index (Phi) is 41.5. The molecule has 6 heteroatoms. The lowest BCUT2D eigenvalue weighted by atomic mass is 10.1. The van der Waals surface area contributed by atoms with Gasteiger partial charge in [0.25, 0.3) is 0 Å². The number of hydrogen-bond donors (Lipinski definition) is 0. The van der Waals surface area contributed by atoms with Crippen LogP contribution in [0.5, 0.6) is 0 Å². The van der Waals surface area contributed by atoms with Gasteiger partial charge in [-0.05, 0) is 83.5 Å². The van der Waals surface area contributed by atoms with Crippen molar-refractivity contribution in [2.45, 2.75) is 239 Å². The highest BCUT2D eigenvalue weighted by Crippen LogP contribution is 2.13.